The molecule has 40 heavy (non-hydrogen) atoms. The van der Waals surface area contributed by atoms with E-state index in [2.05, 4.69) is 0 Å². The van der Waals surface area contributed by atoms with Crippen molar-refractivity contribution in [3.63, 3.8) is 0 Å². The first-order valence-corrected chi connectivity index (χ1v) is 12.3. The largest absolute Gasteiger partial charge is 0.508 e. The molecule has 2 aromatic rings. The Kier molecular flexibility index (Phi) is 9.48. The van der Waals surface area contributed by atoms with E-state index in [9.17, 15) is 51.1 Å². The van der Waals surface area contributed by atoms with Crippen LogP contribution in [0.1, 0.15) is 11.1 Å². The molecular formula is C26H32O14. The van der Waals surface area contributed by atoms with Gasteiger partial charge in [-0.05, 0) is 29.8 Å². The van der Waals surface area contributed by atoms with Gasteiger partial charge in [0.15, 0.2) is 0 Å². The van der Waals surface area contributed by atoms with Gasteiger partial charge in [0.05, 0.1) is 13.2 Å². The molecule has 10 atom stereocenters. The summed E-state index contributed by atoms with van der Waals surface area (Å²) in [6.07, 6.45) is -11.8. The second-order valence-electron chi connectivity index (χ2n) is 9.44. The van der Waals surface area contributed by atoms with Gasteiger partial charge in [-0.2, -0.15) is 0 Å². The van der Waals surface area contributed by atoms with Crippen LogP contribution in [0.15, 0.2) is 36.4 Å². The third-order valence-corrected chi connectivity index (χ3v) is 6.57. The Morgan fingerprint density at radius 1 is 0.625 bits per heavy atom. The summed E-state index contributed by atoms with van der Waals surface area (Å²) < 4.78 is 21.6. The molecule has 0 aromatic heterocycles. The molecule has 0 radical (unpaired) electrons. The minimum Gasteiger partial charge on any atom is -0.508 e. The lowest BCUT2D eigenvalue weighted by Gasteiger charge is -2.39. The first-order valence-electron chi connectivity index (χ1n) is 12.3. The molecule has 0 aliphatic carbocycles. The van der Waals surface area contributed by atoms with E-state index in [1.165, 1.54) is 48.6 Å². The number of phenolic OH excluding ortho intramolecular Hbond substituents is 2. The van der Waals surface area contributed by atoms with Crippen molar-refractivity contribution in [3.8, 4) is 23.0 Å². The van der Waals surface area contributed by atoms with Crippen LogP contribution in [0, 0.1) is 0 Å². The maximum atomic E-state index is 10.5. The number of aliphatic hydroxyl groups is 8. The predicted molar refractivity (Wildman–Crippen MR) is 134 cm³/mol. The average molecular weight is 569 g/mol. The van der Waals surface area contributed by atoms with Gasteiger partial charge in [0, 0.05) is 17.7 Å². The summed E-state index contributed by atoms with van der Waals surface area (Å²) in [5.74, 6) is -0.353. The molecule has 0 bridgehead atoms. The zero-order chi connectivity index (χ0) is 29.1. The monoisotopic (exact) mass is 568 g/mol. The second-order valence-corrected chi connectivity index (χ2v) is 9.44. The Morgan fingerprint density at radius 2 is 1.18 bits per heavy atom. The zero-order valence-electron chi connectivity index (χ0n) is 20.9. The zero-order valence-corrected chi connectivity index (χ0v) is 20.9. The Hall–Kier alpha value is -3.02. The van der Waals surface area contributed by atoms with E-state index in [1.807, 2.05) is 0 Å². The van der Waals surface area contributed by atoms with Gasteiger partial charge in [-0.3, -0.25) is 0 Å². The van der Waals surface area contributed by atoms with Crippen molar-refractivity contribution < 1.29 is 70.0 Å². The number of aliphatic hydroxyl groups excluding tert-OH is 8. The fraction of sp³-hybridized carbons (Fsp3) is 0.462. The van der Waals surface area contributed by atoms with E-state index >= 15 is 0 Å². The highest BCUT2D eigenvalue weighted by molar-refractivity contribution is 5.74. The van der Waals surface area contributed by atoms with Crippen molar-refractivity contribution in [3.05, 3.63) is 47.5 Å². The van der Waals surface area contributed by atoms with Crippen LogP contribution in [-0.2, 0) is 9.47 Å². The van der Waals surface area contributed by atoms with E-state index in [-0.39, 0.29) is 23.0 Å². The Balaban J connectivity index is 1.45. The Morgan fingerprint density at radius 3 is 1.70 bits per heavy atom. The predicted octanol–water partition coefficient (Wildman–Crippen LogP) is -2.37. The number of rotatable bonds is 8. The van der Waals surface area contributed by atoms with Crippen LogP contribution >= 0.6 is 0 Å². The van der Waals surface area contributed by atoms with Gasteiger partial charge in [-0.1, -0.05) is 12.2 Å². The third-order valence-electron chi connectivity index (χ3n) is 6.57. The van der Waals surface area contributed by atoms with Crippen LogP contribution < -0.4 is 9.47 Å². The number of hydrogen-bond donors (Lipinski definition) is 10. The first kappa shape index (κ1) is 30.0. The van der Waals surface area contributed by atoms with Gasteiger partial charge in [-0.15, -0.1) is 0 Å². The molecule has 14 nitrogen and oxygen atoms in total. The van der Waals surface area contributed by atoms with Crippen molar-refractivity contribution in [2.45, 2.75) is 61.4 Å². The topological polar surface area (TPSA) is 239 Å². The van der Waals surface area contributed by atoms with Crippen LogP contribution in [-0.4, -0.2) is 126 Å². The lowest BCUT2D eigenvalue weighted by atomic mass is 9.99. The van der Waals surface area contributed by atoms with E-state index in [1.54, 1.807) is 0 Å². The number of benzene rings is 2. The normalized spacial score (nSPS) is 34.6. The molecule has 2 aliphatic heterocycles. The van der Waals surface area contributed by atoms with E-state index < -0.39 is 74.6 Å². The molecule has 0 amide bonds. The number of phenols is 2. The molecule has 2 aliphatic rings. The van der Waals surface area contributed by atoms with Crippen molar-refractivity contribution in [2.24, 2.45) is 0 Å². The van der Waals surface area contributed by atoms with Gasteiger partial charge < -0.3 is 70.0 Å². The van der Waals surface area contributed by atoms with Gasteiger partial charge in [0.25, 0.3) is 0 Å². The molecule has 2 heterocycles. The number of ether oxygens (including phenoxy) is 4. The summed E-state index contributed by atoms with van der Waals surface area (Å²) in [6.45, 7) is -1.25. The number of aromatic hydroxyl groups is 2. The SMILES string of the molecule is OC[C@@H]1O[C@@H](Oc2cc(O)cc(C=Cc3ccc(O[C@@H]4O[C@@H](CO)[C@@H](O)[C@@H](O)[C@H]4O)cc3O)c2)[C@H](O)[C@H](O)[C@@H]1O. The van der Waals surface area contributed by atoms with Crippen LogP contribution in [0.3, 0.4) is 0 Å². The summed E-state index contributed by atoms with van der Waals surface area (Å²) in [6, 6.07) is 8.20. The standard InChI is InChI=1S/C26H32O14/c27-9-17-19(31)21(33)23(35)25(39-17)37-14-4-3-12(16(30)8-14)2-1-11-5-13(29)7-15(6-11)38-26-24(36)22(34)20(32)18(10-28)40-26/h1-8,17-36H,9-10H2/t17-,18-,19+,20+,21+,22+,23+,24+,25+,26+/m0/s1. The molecule has 2 fully saturated rings. The highest BCUT2D eigenvalue weighted by atomic mass is 16.7. The molecule has 0 unspecified atom stereocenters. The molecule has 14 heteroatoms. The average Bonchev–Trinajstić information content (AvgIpc) is 2.93. The van der Waals surface area contributed by atoms with Crippen molar-refractivity contribution in [1.29, 1.82) is 0 Å². The lowest BCUT2D eigenvalue weighted by molar-refractivity contribution is -0.277. The van der Waals surface area contributed by atoms with Crippen LogP contribution in [0.2, 0.25) is 0 Å². The van der Waals surface area contributed by atoms with Crippen LogP contribution in [0.4, 0.5) is 0 Å². The highest BCUT2D eigenvalue weighted by Gasteiger charge is 2.45. The maximum Gasteiger partial charge on any atom is 0.229 e. The molecule has 10 N–H and O–H groups in total. The summed E-state index contributed by atoms with van der Waals surface area (Å²) in [5, 5.41) is 99.2. The summed E-state index contributed by atoms with van der Waals surface area (Å²) in [5.41, 5.74) is 0.724. The summed E-state index contributed by atoms with van der Waals surface area (Å²) in [4.78, 5) is 0. The molecule has 4 rings (SSSR count). The van der Waals surface area contributed by atoms with Crippen molar-refractivity contribution in [1.82, 2.24) is 0 Å². The minimum absolute atomic E-state index is 0.0384. The fourth-order valence-electron chi connectivity index (χ4n) is 4.29. The smallest absolute Gasteiger partial charge is 0.229 e. The van der Waals surface area contributed by atoms with Crippen LogP contribution in [0.5, 0.6) is 23.0 Å². The Bertz CT molecular complexity index is 1170. The molecule has 0 saturated carbocycles. The first-order chi connectivity index (χ1) is 19.0. The maximum absolute atomic E-state index is 10.5. The van der Waals surface area contributed by atoms with E-state index in [0.717, 1.165) is 0 Å². The summed E-state index contributed by atoms with van der Waals surface area (Å²) >= 11 is 0. The van der Waals surface area contributed by atoms with E-state index in [4.69, 9.17) is 18.9 Å². The summed E-state index contributed by atoms with van der Waals surface area (Å²) in [7, 11) is 0. The quantitative estimate of drug-likeness (QED) is 0.150. The lowest BCUT2D eigenvalue weighted by Crippen LogP contribution is -2.60. The van der Waals surface area contributed by atoms with E-state index in [0.29, 0.717) is 11.1 Å². The van der Waals surface area contributed by atoms with Crippen LogP contribution in [0.25, 0.3) is 12.2 Å². The number of hydrogen-bond acceptors (Lipinski definition) is 14. The second kappa shape index (κ2) is 12.7. The molecular weight excluding hydrogens is 536 g/mol. The molecule has 220 valence electrons. The molecule has 2 aromatic carbocycles. The van der Waals surface area contributed by atoms with Gasteiger partial charge in [0.2, 0.25) is 12.6 Å². The van der Waals surface area contributed by atoms with Crippen molar-refractivity contribution in [2.75, 3.05) is 13.2 Å². The Labute approximate surface area is 227 Å². The molecule has 0 spiro atoms. The third kappa shape index (κ3) is 6.47. The van der Waals surface area contributed by atoms with Gasteiger partial charge in [0.1, 0.15) is 71.8 Å². The van der Waals surface area contributed by atoms with Gasteiger partial charge >= 0.3 is 0 Å². The minimum atomic E-state index is -1.64. The fourth-order valence-corrected chi connectivity index (χ4v) is 4.29. The van der Waals surface area contributed by atoms with Crippen molar-refractivity contribution >= 4 is 12.2 Å². The highest BCUT2D eigenvalue weighted by Crippen LogP contribution is 2.31. The van der Waals surface area contributed by atoms with Gasteiger partial charge in [-0.25, -0.2) is 0 Å². The molecule has 2 saturated heterocycles.